The van der Waals surface area contributed by atoms with Crippen LogP contribution in [0.3, 0.4) is 0 Å². The summed E-state index contributed by atoms with van der Waals surface area (Å²) >= 11 is 0. The lowest BCUT2D eigenvalue weighted by Gasteiger charge is -2.33. The normalized spacial score (nSPS) is 13.8. The number of benzene rings is 2. The lowest BCUT2D eigenvalue weighted by Crippen LogP contribution is -2.51. The van der Waals surface area contributed by atoms with Crippen LogP contribution in [-0.2, 0) is 5.54 Å². The Hall–Kier alpha value is -3.21. The fourth-order valence-electron chi connectivity index (χ4n) is 3.08. The minimum absolute atomic E-state index is 0.0977. The zero-order chi connectivity index (χ0) is 24.1. The number of methoxy groups -OCH3 is 1. The number of nitrogens with zero attached hydrogens (tertiary/aromatic N) is 3. The van der Waals surface area contributed by atoms with Crippen LogP contribution in [0.1, 0.15) is 23.6 Å². The maximum absolute atomic E-state index is 14.8. The molecule has 0 amide bonds. The Labute approximate surface area is 182 Å². The van der Waals surface area contributed by atoms with Gasteiger partial charge in [0.25, 0.3) is 0 Å². The summed E-state index contributed by atoms with van der Waals surface area (Å²) in [7, 11) is 3.05. The second-order valence-electron chi connectivity index (χ2n) is 6.98. The van der Waals surface area contributed by atoms with Crippen molar-refractivity contribution in [2.75, 3.05) is 20.7 Å². The van der Waals surface area contributed by atoms with Crippen LogP contribution in [0.4, 0.5) is 23.2 Å². The highest BCUT2D eigenvalue weighted by Gasteiger charge is 2.57. The molecule has 1 atom stereocenters. The highest BCUT2D eigenvalue weighted by Crippen LogP contribution is 2.49. The third-order valence-corrected chi connectivity index (χ3v) is 4.92. The summed E-state index contributed by atoms with van der Waals surface area (Å²) in [6, 6.07) is 2.60. The number of rotatable bonds is 10. The van der Waals surface area contributed by atoms with E-state index in [9.17, 15) is 22.5 Å². The summed E-state index contributed by atoms with van der Waals surface area (Å²) < 4.78 is 64.0. The lowest BCUT2D eigenvalue weighted by molar-refractivity contribution is -0.0561. The van der Waals surface area contributed by atoms with Crippen molar-refractivity contribution in [1.29, 1.82) is 0 Å². The summed E-state index contributed by atoms with van der Waals surface area (Å²) in [6.07, 6.45) is 1.56. The molecule has 11 heteroatoms. The van der Waals surface area contributed by atoms with Crippen LogP contribution in [0, 0.1) is 11.8 Å². The summed E-state index contributed by atoms with van der Waals surface area (Å²) in [4.78, 5) is 18.1. The van der Waals surface area contributed by atoms with Gasteiger partial charge in [0, 0.05) is 25.2 Å². The first-order valence-corrected chi connectivity index (χ1v) is 9.50. The standard InChI is InChI=1S/C21H24F4N4O3/c1-5-29(3)12-27-17-11-18(31-4)16(10-13(17)2)20(28-30,21(24,25)26)14-6-8-15(9-7-14)32-19(22)23/h6-12,19H,5,26H2,1-4H3. The molecule has 0 fully saturated rings. The van der Waals surface area contributed by atoms with Crippen LogP contribution < -0.4 is 15.2 Å². The van der Waals surface area contributed by atoms with Crippen molar-refractivity contribution in [2.45, 2.75) is 32.0 Å². The Morgan fingerprint density at radius 3 is 2.31 bits per heavy atom. The van der Waals surface area contributed by atoms with Crippen molar-refractivity contribution in [3.8, 4) is 11.5 Å². The van der Waals surface area contributed by atoms with Gasteiger partial charge in [0.15, 0.2) is 0 Å². The van der Waals surface area contributed by atoms with Gasteiger partial charge in [-0.15, -0.1) is 4.91 Å². The molecule has 0 bridgehead atoms. The first kappa shape index (κ1) is 25.1. The van der Waals surface area contributed by atoms with Crippen molar-refractivity contribution < 1.29 is 27.0 Å². The van der Waals surface area contributed by atoms with Crippen LogP contribution >= 0.6 is 0 Å². The maximum atomic E-state index is 14.8. The fraction of sp³-hybridized carbons (Fsp3) is 0.381. The van der Waals surface area contributed by atoms with E-state index in [4.69, 9.17) is 10.5 Å². The van der Waals surface area contributed by atoms with E-state index in [1.807, 2.05) is 14.0 Å². The van der Waals surface area contributed by atoms with Crippen molar-refractivity contribution in [2.24, 2.45) is 15.9 Å². The molecule has 0 aromatic heterocycles. The monoisotopic (exact) mass is 456 g/mol. The van der Waals surface area contributed by atoms with Gasteiger partial charge < -0.3 is 14.4 Å². The van der Waals surface area contributed by atoms with Gasteiger partial charge in [-0.3, -0.25) is 5.73 Å². The van der Waals surface area contributed by atoms with Crippen LogP contribution in [0.15, 0.2) is 46.6 Å². The van der Waals surface area contributed by atoms with E-state index >= 15 is 0 Å². The van der Waals surface area contributed by atoms with Gasteiger partial charge in [-0.2, -0.15) is 17.6 Å². The van der Waals surface area contributed by atoms with Crippen molar-refractivity contribution in [1.82, 2.24) is 4.90 Å². The summed E-state index contributed by atoms with van der Waals surface area (Å²) in [6.45, 7) is 1.13. The van der Waals surface area contributed by atoms with Crippen LogP contribution in [0.2, 0.25) is 0 Å². The molecule has 0 heterocycles. The first-order chi connectivity index (χ1) is 15.0. The number of alkyl halides is 4. The highest BCUT2D eigenvalue weighted by atomic mass is 19.3. The molecule has 0 spiro atoms. The number of nitroso groups, excluding NO2 is 1. The molecule has 0 aliphatic heterocycles. The van der Waals surface area contributed by atoms with E-state index < -0.39 is 18.2 Å². The topological polar surface area (TPSA) is 89.5 Å². The Morgan fingerprint density at radius 2 is 1.84 bits per heavy atom. The van der Waals surface area contributed by atoms with Gasteiger partial charge in [-0.1, -0.05) is 12.1 Å². The van der Waals surface area contributed by atoms with E-state index in [2.05, 4.69) is 14.9 Å². The molecule has 0 saturated carbocycles. The maximum Gasteiger partial charge on any atom is 0.387 e. The molecular formula is C21H24F4N4O3. The van der Waals surface area contributed by atoms with Crippen molar-refractivity contribution in [3.63, 3.8) is 0 Å². The van der Waals surface area contributed by atoms with Crippen molar-refractivity contribution >= 4 is 12.0 Å². The van der Waals surface area contributed by atoms with E-state index in [0.717, 1.165) is 24.3 Å². The minimum Gasteiger partial charge on any atom is -0.496 e. The number of nitrogens with two attached hydrogens (primary N) is 1. The van der Waals surface area contributed by atoms with E-state index in [1.54, 1.807) is 18.2 Å². The average Bonchev–Trinajstić information content (AvgIpc) is 2.73. The second-order valence-corrected chi connectivity index (χ2v) is 6.98. The van der Waals surface area contributed by atoms with Gasteiger partial charge in [0.1, 0.15) is 11.5 Å². The smallest absolute Gasteiger partial charge is 0.387 e. The quantitative estimate of drug-likeness (QED) is 0.183. The molecule has 174 valence electrons. The molecule has 0 aliphatic rings. The number of aryl methyl sites for hydroxylation is 1. The molecule has 0 radical (unpaired) electrons. The first-order valence-electron chi connectivity index (χ1n) is 9.50. The van der Waals surface area contributed by atoms with Gasteiger partial charge in [0.2, 0.25) is 5.54 Å². The average molecular weight is 456 g/mol. The number of ether oxygens (including phenoxy) is 2. The van der Waals surface area contributed by atoms with Crippen molar-refractivity contribution in [3.05, 3.63) is 58.0 Å². The third kappa shape index (κ3) is 4.98. The predicted molar refractivity (Wildman–Crippen MR) is 113 cm³/mol. The Kier molecular flexibility index (Phi) is 7.78. The zero-order valence-corrected chi connectivity index (χ0v) is 18.0. The molecule has 7 nitrogen and oxygen atoms in total. The Bertz CT molecular complexity index is 965. The number of halogens is 4. The van der Waals surface area contributed by atoms with Gasteiger partial charge in [-0.05, 0) is 48.4 Å². The van der Waals surface area contributed by atoms with E-state index in [-0.39, 0.29) is 22.6 Å². The van der Waals surface area contributed by atoms with Crippen LogP contribution in [-0.4, -0.2) is 44.6 Å². The predicted octanol–water partition coefficient (Wildman–Crippen LogP) is 4.78. The Morgan fingerprint density at radius 1 is 1.22 bits per heavy atom. The number of hydrogen-bond donors (Lipinski definition) is 1. The molecule has 2 aromatic rings. The second kappa shape index (κ2) is 9.94. The van der Waals surface area contributed by atoms with Gasteiger partial charge in [-0.25, -0.2) is 4.99 Å². The molecule has 2 N–H and O–H groups in total. The molecular weight excluding hydrogens is 432 g/mol. The lowest BCUT2D eigenvalue weighted by atomic mass is 9.80. The van der Waals surface area contributed by atoms with Gasteiger partial charge >= 0.3 is 12.7 Å². The SMILES string of the molecule is CCN(C)C=Nc1cc(OC)c(C(N=O)(c2ccc(OC(F)F)cc2)C(N)(F)F)cc1C. The molecule has 2 rings (SSSR count). The summed E-state index contributed by atoms with van der Waals surface area (Å²) in [5, 5.41) is 2.75. The fourth-order valence-corrected chi connectivity index (χ4v) is 3.08. The minimum atomic E-state index is -4.17. The third-order valence-electron chi connectivity index (χ3n) is 4.92. The number of aliphatic imine (C=N–C) groups is 1. The largest absolute Gasteiger partial charge is 0.496 e. The molecule has 0 saturated heterocycles. The van der Waals surface area contributed by atoms with Crippen LogP contribution in [0.5, 0.6) is 11.5 Å². The van der Waals surface area contributed by atoms with Crippen LogP contribution in [0.25, 0.3) is 0 Å². The van der Waals surface area contributed by atoms with E-state index in [0.29, 0.717) is 17.8 Å². The molecule has 0 aliphatic carbocycles. The number of hydrogen-bond acceptors (Lipinski definition) is 6. The highest BCUT2D eigenvalue weighted by molar-refractivity contribution is 5.66. The molecule has 32 heavy (non-hydrogen) atoms. The molecule has 1 unspecified atom stereocenters. The Balaban J connectivity index is 2.72. The zero-order valence-electron chi connectivity index (χ0n) is 18.0. The summed E-state index contributed by atoms with van der Waals surface area (Å²) in [5.41, 5.74) is 2.50. The van der Waals surface area contributed by atoms with Gasteiger partial charge in [0.05, 0.1) is 19.1 Å². The van der Waals surface area contributed by atoms with E-state index in [1.165, 1.54) is 19.2 Å². The molecule has 2 aromatic carbocycles. The summed E-state index contributed by atoms with van der Waals surface area (Å²) in [5.74, 6) is -0.378.